The van der Waals surface area contributed by atoms with Gasteiger partial charge < -0.3 is 14.6 Å². The van der Waals surface area contributed by atoms with Crippen LogP contribution < -0.4 is 9.47 Å². The number of aliphatic carboxylic acids is 1. The van der Waals surface area contributed by atoms with Crippen molar-refractivity contribution in [3.8, 4) is 22.9 Å². The van der Waals surface area contributed by atoms with Crippen molar-refractivity contribution in [2.45, 2.75) is 38.2 Å². The molecule has 3 rings (SSSR count). The predicted molar refractivity (Wildman–Crippen MR) is 95.3 cm³/mol. The average Bonchev–Trinajstić information content (AvgIpc) is 2.56. The molecule has 26 heavy (non-hydrogen) atoms. The van der Waals surface area contributed by atoms with Gasteiger partial charge >= 0.3 is 5.97 Å². The Morgan fingerprint density at radius 2 is 2.15 bits per heavy atom. The Hall–Kier alpha value is -2.34. The average molecular weight is 380 g/mol. The highest BCUT2D eigenvalue weighted by molar-refractivity contribution is 6.32. The van der Waals surface area contributed by atoms with Gasteiger partial charge in [-0.2, -0.15) is 0 Å². The number of nitrogens with zero attached hydrogens (tertiary/aromatic N) is 1. The number of aromatic nitrogens is 1. The molecule has 1 saturated carbocycles. The molecule has 138 valence electrons. The second-order valence-corrected chi connectivity index (χ2v) is 6.55. The van der Waals surface area contributed by atoms with Gasteiger partial charge in [0.2, 0.25) is 5.88 Å². The van der Waals surface area contributed by atoms with Crippen LogP contribution in [0.15, 0.2) is 30.3 Å². The Kier molecular flexibility index (Phi) is 5.93. The van der Waals surface area contributed by atoms with Crippen molar-refractivity contribution in [2.75, 3.05) is 6.61 Å². The lowest BCUT2D eigenvalue weighted by Gasteiger charge is -2.25. The van der Waals surface area contributed by atoms with Crippen molar-refractivity contribution in [3.05, 3.63) is 41.2 Å². The van der Waals surface area contributed by atoms with Crippen LogP contribution in [0.1, 0.15) is 32.1 Å². The van der Waals surface area contributed by atoms with Gasteiger partial charge in [-0.3, -0.25) is 4.79 Å². The van der Waals surface area contributed by atoms with Gasteiger partial charge in [0, 0.05) is 18.1 Å². The second kappa shape index (κ2) is 8.36. The van der Waals surface area contributed by atoms with E-state index in [-0.39, 0.29) is 36.3 Å². The summed E-state index contributed by atoms with van der Waals surface area (Å²) < 4.78 is 25.4. The van der Waals surface area contributed by atoms with Crippen molar-refractivity contribution >= 4 is 17.6 Å². The standard InChI is InChI=1S/C19H19ClFNO4/c20-14-10-12(11-15(21)19(14)25-9-3-8-18(23)24)16-6-2-7-17(22-16)26-13-4-1-5-13/h2,6-7,10-11,13H,1,3-5,8-9H2,(H,23,24). The summed E-state index contributed by atoms with van der Waals surface area (Å²) in [4.78, 5) is 14.9. The van der Waals surface area contributed by atoms with Crippen molar-refractivity contribution in [1.82, 2.24) is 4.98 Å². The maximum atomic E-state index is 14.4. The van der Waals surface area contributed by atoms with Crippen LogP contribution in [0.5, 0.6) is 11.6 Å². The molecule has 1 aromatic carbocycles. The molecular formula is C19H19ClFNO4. The molecule has 1 heterocycles. The van der Waals surface area contributed by atoms with Crippen LogP contribution >= 0.6 is 11.6 Å². The molecule has 2 aromatic rings. The first kappa shape index (κ1) is 18.5. The van der Waals surface area contributed by atoms with Gasteiger partial charge in [-0.15, -0.1) is 0 Å². The highest BCUT2D eigenvalue weighted by Gasteiger charge is 2.20. The first-order chi connectivity index (χ1) is 12.5. The first-order valence-electron chi connectivity index (χ1n) is 8.50. The monoisotopic (exact) mass is 379 g/mol. The number of carboxylic acids is 1. The van der Waals surface area contributed by atoms with Gasteiger partial charge in [-0.1, -0.05) is 17.7 Å². The molecule has 0 bridgehead atoms. The third-order valence-electron chi connectivity index (χ3n) is 4.14. The van der Waals surface area contributed by atoms with Gasteiger partial charge in [0.1, 0.15) is 6.10 Å². The molecule has 0 spiro atoms. The van der Waals surface area contributed by atoms with Crippen molar-refractivity contribution in [3.63, 3.8) is 0 Å². The minimum absolute atomic E-state index is 0.0466. The van der Waals surface area contributed by atoms with E-state index in [0.29, 0.717) is 17.1 Å². The lowest BCUT2D eigenvalue weighted by atomic mass is 9.96. The normalized spacial score (nSPS) is 13.9. The van der Waals surface area contributed by atoms with Crippen molar-refractivity contribution in [2.24, 2.45) is 0 Å². The molecule has 5 nitrogen and oxygen atoms in total. The van der Waals surface area contributed by atoms with E-state index in [9.17, 15) is 9.18 Å². The fourth-order valence-electron chi connectivity index (χ4n) is 2.54. The number of hydrogen-bond donors (Lipinski definition) is 1. The number of halogens is 2. The third-order valence-corrected chi connectivity index (χ3v) is 4.42. The summed E-state index contributed by atoms with van der Waals surface area (Å²) in [6.45, 7) is 0.0747. The molecule has 1 aliphatic carbocycles. The highest BCUT2D eigenvalue weighted by Crippen LogP contribution is 2.34. The summed E-state index contributed by atoms with van der Waals surface area (Å²) in [6.07, 6.45) is 3.66. The Bertz CT molecular complexity index is 772. The molecule has 0 radical (unpaired) electrons. The number of hydrogen-bond acceptors (Lipinski definition) is 4. The SMILES string of the molecule is O=C(O)CCCOc1c(F)cc(-c2cccc(OC3CCC3)n2)cc1Cl. The zero-order valence-corrected chi connectivity index (χ0v) is 14.8. The number of ether oxygens (including phenoxy) is 2. The largest absolute Gasteiger partial charge is 0.489 e. The van der Waals surface area contributed by atoms with Gasteiger partial charge in [-0.05, 0) is 43.9 Å². The maximum absolute atomic E-state index is 14.4. The highest BCUT2D eigenvalue weighted by atomic mass is 35.5. The summed E-state index contributed by atoms with van der Waals surface area (Å²) in [5, 5.41) is 8.72. The molecular weight excluding hydrogens is 361 g/mol. The van der Waals surface area contributed by atoms with E-state index >= 15 is 0 Å². The maximum Gasteiger partial charge on any atom is 0.303 e. The van der Waals surface area contributed by atoms with Crippen LogP contribution in [0, 0.1) is 5.82 Å². The smallest absolute Gasteiger partial charge is 0.303 e. The Labute approximate surface area is 155 Å². The molecule has 1 N–H and O–H groups in total. The summed E-state index contributed by atoms with van der Waals surface area (Å²) in [5.74, 6) is -1.11. The lowest BCUT2D eigenvalue weighted by molar-refractivity contribution is -0.137. The van der Waals surface area contributed by atoms with E-state index in [1.807, 2.05) is 0 Å². The van der Waals surface area contributed by atoms with E-state index in [0.717, 1.165) is 12.8 Å². The summed E-state index contributed by atoms with van der Waals surface area (Å²) in [5.41, 5.74) is 1.07. The number of carbonyl (C=O) groups is 1. The molecule has 1 fully saturated rings. The van der Waals surface area contributed by atoms with Crippen molar-refractivity contribution < 1.29 is 23.8 Å². The van der Waals surface area contributed by atoms with Crippen LogP contribution in [-0.2, 0) is 4.79 Å². The first-order valence-corrected chi connectivity index (χ1v) is 8.88. The van der Waals surface area contributed by atoms with E-state index in [2.05, 4.69) is 4.98 Å². The van der Waals surface area contributed by atoms with Gasteiger partial charge in [0.15, 0.2) is 11.6 Å². The van der Waals surface area contributed by atoms with Crippen LogP contribution in [0.3, 0.4) is 0 Å². The summed E-state index contributed by atoms with van der Waals surface area (Å²) in [7, 11) is 0. The minimum atomic E-state index is -0.925. The number of benzene rings is 1. The van der Waals surface area contributed by atoms with Crippen LogP contribution in [0.25, 0.3) is 11.3 Å². The topological polar surface area (TPSA) is 68.7 Å². The third kappa shape index (κ3) is 4.64. The molecule has 1 aromatic heterocycles. The Morgan fingerprint density at radius 3 is 2.81 bits per heavy atom. The number of pyridine rings is 1. The Balaban J connectivity index is 1.72. The molecule has 0 saturated heterocycles. The Morgan fingerprint density at radius 1 is 1.35 bits per heavy atom. The molecule has 0 atom stereocenters. The summed E-state index contributed by atoms with van der Waals surface area (Å²) >= 11 is 6.14. The number of rotatable bonds is 8. The van der Waals surface area contributed by atoms with Crippen molar-refractivity contribution in [1.29, 1.82) is 0 Å². The fraction of sp³-hybridized carbons (Fsp3) is 0.368. The summed E-state index contributed by atoms with van der Waals surface area (Å²) in [6, 6.07) is 8.21. The quantitative estimate of drug-likeness (QED) is 0.672. The van der Waals surface area contributed by atoms with Crippen LogP contribution in [0.2, 0.25) is 5.02 Å². The van der Waals surface area contributed by atoms with E-state index in [1.54, 1.807) is 24.3 Å². The second-order valence-electron chi connectivity index (χ2n) is 6.15. The fourth-order valence-corrected chi connectivity index (χ4v) is 2.81. The van der Waals surface area contributed by atoms with E-state index in [4.69, 9.17) is 26.2 Å². The predicted octanol–water partition coefficient (Wildman–Crippen LogP) is 4.72. The molecule has 0 unspecified atom stereocenters. The van der Waals surface area contributed by atoms with E-state index < -0.39 is 11.8 Å². The van der Waals surface area contributed by atoms with Gasteiger partial charge in [-0.25, -0.2) is 9.37 Å². The van der Waals surface area contributed by atoms with Crippen LogP contribution in [0.4, 0.5) is 4.39 Å². The number of carboxylic acid groups (broad SMARTS) is 1. The van der Waals surface area contributed by atoms with E-state index in [1.165, 1.54) is 12.5 Å². The molecule has 0 aliphatic heterocycles. The van der Waals surface area contributed by atoms with Crippen LogP contribution in [-0.4, -0.2) is 28.8 Å². The molecule has 1 aliphatic rings. The van der Waals surface area contributed by atoms with Gasteiger partial charge in [0.05, 0.1) is 17.3 Å². The van der Waals surface area contributed by atoms with Gasteiger partial charge in [0.25, 0.3) is 0 Å². The lowest BCUT2D eigenvalue weighted by Crippen LogP contribution is -2.24. The molecule has 7 heteroatoms. The molecule has 0 amide bonds. The zero-order chi connectivity index (χ0) is 18.5. The minimum Gasteiger partial charge on any atom is -0.489 e. The zero-order valence-electron chi connectivity index (χ0n) is 14.1.